The van der Waals surface area contributed by atoms with Crippen molar-refractivity contribution in [3.05, 3.63) is 106 Å². The Balaban J connectivity index is 1.81. The highest BCUT2D eigenvalue weighted by atomic mass is 28.2. The average Bonchev–Trinajstić information content (AvgIpc) is 2.67. The second-order valence-electron chi connectivity index (χ2n) is 5.29. The van der Waals surface area contributed by atoms with E-state index in [4.69, 9.17) is 4.43 Å². The molecule has 0 aliphatic carbocycles. The topological polar surface area (TPSA) is 52.4 Å². The number of nitro benzene ring substituents is 1. The van der Waals surface area contributed by atoms with Crippen LogP contribution in [0.25, 0.3) is 11.3 Å². The fourth-order valence-corrected chi connectivity index (χ4v) is 3.13. The summed E-state index contributed by atoms with van der Waals surface area (Å²) in [6, 6.07) is 26.2. The summed E-state index contributed by atoms with van der Waals surface area (Å²) in [5.74, 6) is 0.610. The Morgan fingerprint density at radius 2 is 1.48 bits per heavy atom. The Hall–Kier alpha value is -3.18. The van der Waals surface area contributed by atoms with Crippen molar-refractivity contribution in [2.24, 2.45) is 0 Å². The molecule has 0 aliphatic heterocycles. The average molecular weight is 345 g/mol. The zero-order valence-electron chi connectivity index (χ0n) is 13.3. The Morgan fingerprint density at radius 3 is 2.08 bits per heavy atom. The molecule has 5 heteroatoms. The van der Waals surface area contributed by atoms with Gasteiger partial charge < -0.3 is 4.43 Å². The quantitative estimate of drug-likeness (QED) is 0.279. The maximum atomic E-state index is 10.7. The number of benzene rings is 3. The molecule has 4 nitrogen and oxygen atoms in total. The summed E-state index contributed by atoms with van der Waals surface area (Å²) in [5.41, 5.74) is 2.24. The predicted molar refractivity (Wildman–Crippen MR) is 100 cm³/mol. The lowest BCUT2D eigenvalue weighted by Gasteiger charge is -2.09. The molecule has 0 unspecified atom stereocenters. The second-order valence-corrected chi connectivity index (χ2v) is 6.24. The van der Waals surface area contributed by atoms with Crippen molar-refractivity contribution >= 4 is 26.7 Å². The maximum Gasteiger partial charge on any atom is 0.351 e. The smallest absolute Gasteiger partial charge is 0.351 e. The van der Waals surface area contributed by atoms with Crippen molar-refractivity contribution in [1.82, 2.24) is 0 Å². The third-order valence-electron chi connectivity index (χ3n) is 3.52. The van der Waals surface area contributed by atoms with E-state index < -0.39 is 4.92 Å². The molecule has 0 saturated carbocycles. The summed E-state index contributed by atoms with van der Waals surface area (Å²) in [4.78, 5) is 10.3. The van der Waals surface area contributed by atoms with Crippen molar-refractivity contribution in [3.63, 3.8) is 0 Å². The first-order chi connectivity index (χ1) is 12.2. The van der Waals surface area contributed by atoms with Crippen LogP contribution >= 0.6 is 0 Å². The molecule has 0 aliphatic rings. The highest BCUT2D eigenvalue weighted by molar-refractivity contribution is 6.58. The first-order valence-corrected chi connectivity index (χ1v) is 8.63. The Kier molecular flexibility index (Phi) is 5.38. The van der Waals surface area contributed by atoms with E-state index in [1.807, 2.05) is 60.7 Å². The molecule has 0 atom stereocenters. The van der Waals surface area contributed by atoms with Crippen molar-refractivity contribution in [2.75, 3.05) is 0 Å². The number of rotatable bonds is 6. The first-order valence-electron chi connectivity index (χ1n) is 7.72. The molecular weight excluding hydrogens is 330 g/mol. The standard InChI is InChI=1S/C20H15NO3Si/c22-21(23)18-11-13-19(14-12-18)24-25-20(17-9-5-2-6-10-17)15-16-7-3-1-4-8-16/h1-15H/b20-15-. The molecule has 0 bridgehead atoms. The summed E-state index contributed by atoms with van der Waals surface area (Å²) in [5, 5.41) is 11.8. The van der Waals surface area contributed by atoms with Crippen LogP contribution < -0.4 is 4.43 Å². The van der Waals surface area contributed by atoms with Gasteiger partial charge in [0.2, 0.25) is 0 Å². The molecule has 3 aromatic rings. The predicted octanol–water partition coefficient (Wildman–Crippen LogP) is 4.79. The lowest BCUT2D eigenvalue weighted by Crippen LogP contribution is -2.05. The SMILES string of the molecule is O=[N+]([O-])c1ccc(O[Si]/C(=C\c2ccccc2)c2ccccc2)cc1. The number of hydrogen-bond donors (Lipinski definition) is 0. The van der Waals surface area contributed by atoms with Crippen LogP contribution in [0.5, 0.6) is 5.75 Å². The van der Waals surface area contributed by atoms with E-state index in [2.05, 4.69) is 6.08 Å². The van der Waals surface area contributed by atoms with Gasteiger partial charge in [-0.2, -0.15) is 0 Å². The number of nitro groups is 1. The van der Waals surface area contributed by atoms with Crippen molar-refractivity contribution < 1.29 is 9.35 Å². The van der Waals surface area contributed by atoms with Crippen LogP contribution in [-0.4, -0.2) is 14.7 Å². The fourth-order valence-electron chi connectivity index (χ4n) is 2.26. The van der Waals surface area contributed by atoms with Crippen molar-refractivity contribution in [2.45, 2.75) is 0 Å². The van der Waals surface area contributed by atoms with Gasteiger partial charge >= 0.3 is 9.76 Å². The second kappa shape index (κ2) is 8.08. The van der Waals surface area contributed by atoms with Gasteiger partial charge in [-0.3, -0.25) is 10.1 Å². The van der Waals surface area contributed by atoms with Crippen LogP contribution in [0.15, 0.2) is 84.9 Å². The minimum Gasteiger partial charge on any atom is -0.536 e. The largest absolute Gasteiger partial charge is 0.536 e. The van der Waals surface area contributed by atoms with Gasteiger partial charge in [0.15, 0.2) is 0 Å². The Morgan fingerprint density at radius 1 is 0.880 bits per heavy atom. The molecule has 0 fully saturated rings. The third-order valence-corrected chi connectivity index (χ3v) is 4.51. The van der Waals surface area contributed by atoms with Gasteiger partial charge in [-0.1, -0.05) is 66.7 Å². The normalized spacial score (nSPS) is 11.1. The molecule has 0 N–H and O–H groups in total. The molecule has 25 heavy (non-hydrogen) atoms. The van der Waals surface area contributed by atoms with Crippen LogP contribution in [0.4, 0.5) is 5.69 Å². The minimum absolute atomic E-state index is 0.0544. The number of hydrogen-bond acceptors (Lipinski definition) is 3. The van der Waals surface area contributed by atoms with Gasteiger partial charge in [0, 0.05) is 12.1 Å². The summed E-state index contributed by atoms with van der Waals surface area (Å²) in [6.45, 7) is 0. The Labute approximate surface area is 148 Å². The summed E-state index contributed by atoms with van der Waals surface area (Å²) >= 11 is 0. The van der Waals surface area contributed by atoms with Gasteiger partial charge in [-0.25, -0.2) is 0 Å². The van der Waals surface area contributed by atoms with Crippen LogP contribution in [-0.2, 0) is 0 Å². The van der Waals surface area contributed by atoms with Crippen LogP contribution in [0, 0.1) is 10.1 Å². The zero-order chi connectivity index (χ0) is 17.5. The molecular formula is C20H15NO3Si. The molecule has 0 amide bonds. The van der Waals surface area contributed by atoms with Gasteiger partial charge in [-0.15, -0.1) is 0 Å². The molecule has 0 heterocycles. The monoisotopic (exact) mass is 345 g/mol. The number of non-ortho nitro benzene ring substituents is 1. The van der Waals surface area contributed by atoms with Gasteiger partial charge in [0.05, 0.1) is 4.92 Å². The molecule has 2 radical (unpaired) electrons. The summed E-state index contributed by atoms with van der Waals surface area (Å²) in [7, 11) is 0.0863. The molecule has 0 saturated heterocycles. The fraction of sp³-hybridized carbons (Fsp3) is 0. The summed E-state index contributed by atoms with van der Waals surface area (Å²) in [6.07, 6.45) is 2.10. The highest BCUT2D eigenvalue weighted by Gasteiger charge is 2.09. The molecule has 3 aromatic carbocycles. The van der Waals surface area contributed by atoms with Crippen LogP contribution in [0.2, 0.25) is 0 Å². The lowest BCUT2D eigenvalue weighted by atomic mass is 10.1. The zero-order valence-corrected chi connectivity index (χ0v) is 14.3. The van der Waals surface area contributed by atoms with E-state index in [1.54, 1.807) is 12.1 Å². The molecule has 0 aromatic heterocycles. The van der Waals surface area contributed by atoms with Gasteiger partial charge in [0.1, 0.15) is 5.75 Å². The van der Waals surface area contributed by atoms with Crippen LogP contribution in [0.1, 0.15) is 11.1 Å². The first kappa shape index (κ1) is 16.7. The van der Waals surface area contributed by atoms with E-state index in [0.717, 1.165) is 16.3 Å². The van der Waals surface area contributed by atoms with E-state index in [9.17, 15) is 10.1 Å². The van der Waals surface area contributed by atoms with Gasteiger partial charge in [0.25, 0.3) is 5.69 Å². The van der Waals surface area contributed by atoms with E-state index in [-0.39, 0.29) is 15.5 Å². The number of nitrogens with zero attached hydrogens (tertiary/aromatic N) is 1. The van der Waals surface area contributed by atoms with Crippen molar-refractivity contribution in [1.29, 1.82) is 0 Å². The molecule has 0 spiro atoms. The molecule has 3 rings (SSSR count). The van der Waals surface area contributed by atoms with Gasteiger partial charge in [-0.05, 0) is 28.5 Å². The maximum absolute atomic E-state index is 10.7. The summed E-state index contributed by atoms with van der Waals surface area (Å²) < 4.78 is 5.87. The van der Waals surface area contributed by atoms with E-state index in [0.29, 0.717) is 5.75 Å². The molecule has 122 valence electrons. The highest BCUT2D eigenvalue weighted by Crippen LogP contribution is 2.21. The Bertz CT molecular complexity index is 862. The minimum atomic E-state index is -0.420. The van der Waals surface area contributed by atoms with Crippen molar-refractivity contribution in [3.8, 4) is 5.75 Å². The van der Waals surface area contributed by atoms with E-state index in [1.165, 1.54) is 12.1 Å². The third kappa shape index (κ3) is 4.65. The van der Waals surface area contributed by atoms with E-state index >= 15 is 0 Å². The lowest BCUT2D eigenvalue weighted by molar-refractivity contribution is -0.384. The van der Waals surface area contributed by atoms with Crippen LogP contribution in [0.3, 0.4) is 0 Å².